The summed E-state index contributed by atoms with van der Waals surface area (Å²) in [6.07, 6.45) is 1.42. The van der Waals surface area contributed by atoms with Gasteiger partial charge in [0.1, 0.15) is 11.6 Å². The molecular formula is C24H25FN4O2. The van der Waals surface area contributed by atoms with Crippen LogP contribution in [0, 0.1) is 18.7 Å². The zero-order valence-corrected chi connectivity index (χ0v) is 17.4. The Balaban J connectivity index is 1.37. The number of amides is 1. The van der Waals surface area contributed by atoms with Gasteiger partial charge in [-0.15, -0.1) is 5.10 Å². The van der Waals surface area contributed by atoms with Gasteiger partial charge in [0.05, 0.1) is 5.69 Å². The van der Waals surface area contributed by atoms with Crippen molar-refractivity contribution in [1.29, 1.82) is 0 Å². The van der Waals surface area contributed by atoms with Gasteiger partial charge in [0.2, 0.25) is 5.91 Å². The van der Waals surface area contributed by atoms with Crippen LogP contribution in [-0.2, 0) is 11.3 Å². The molecule has 1 aromatic heterocycles. The summed E-state index contributed by atoms with van der Waals surface area (Å²) in [6.45, 7) is 3.89. The van der Waals surface area contributed by atoms with E-state index < -0.39 is 5.82 Å². The van der Waals surface area contributed by atoms with Gasteiger partial charge in [0.15, 0.2) is 0 Å². The predicted octanol–water partition coefficient (Wildman–Crippen LogP) is 3.21. The van der Waals surface area contributed by atoms with Gasteiger partial charge in [-0.25, -0.2) is 4.39 Å². The van der Waals surface area contributed by atoms with Crippen LogP contribution in [0.2, 0.25) is 0 Å². The van der Waals surface area contributed by atoms with Crippen LogP contribution in [0.1, 0.15) is 24.0 Å². The number of piperidine rings is 1. The molecule has 1 aliphatic rings. The number of halogens is 1. The van der Waals surface area contributed by atoms with Crippen molar-refractivity contribution in [2.45, 2.75) is 26.3 Å². The lowest BCUT2D eigenvalue weighted by molar-refractivity contribution is -0.125. The minimum atomic E-state index is -0.422. The third-order valence-electron chi connectivity index (χ3n) is 5.62. The molecule has 1 N–H and O–H groups in total. The maximum absolute atomic E-state index is 13.6. The second-order valence-electron chi connectivity index (χ2n) is 7.89. The molecular weight excluding hydrogens is 395 g/mol. The van der Waals surface area contributed by atoms with E-state index in [1.54, 1.807) is 18.2 Å². The van der Waals surface area contributed by atoms with Gasteiger partial charge in [-0.2, -0.15) is 4.68 Å². The Morgan fingerprint density at radius 3 is 2.55 bits per heavy atom. The topological polar surface area (TPSA) is 67.2 Å². The number of nitrogens with one attached hydrogen (secondary N) is 1. The zero-order chi connectivity index (χ0) is 21.8. The second-order valence-corrected chi connectivity index (χ2v) is 7.89. The number of carbonyl (C=O) groups is 1. The van der Waals surface area contributed by atoms with E-state index in [0.717, 1.165) is 5.56 Å². The molecule has 3 aromatic rings. The lowest BCUT2D eigenvalue weighted by Gasteiger charge is -2.32. The number of hydrogen-bond acceptors (Lipinski definition) is 4. The van der Waals surface area contributed by atoms with Crippen LogP contribution in [-0.4, -0.2) is 28.8 Å². The van der Waals surface area contributed by atoms with Gasteiger partial charge in [0, 0.05) is 31.6 Å². The Hall–Kier alpha value is -3.48. The number of carbonyl (C=O) groups excluding carboxylic acids is 1. The van der Waals surface area contributed by atoms with Gasteiger partial charge >= 0.3 is 0 Å². The van der Waals surface area contributed by atoms with E-state index >= 15 is 0 Å². The smallest absolute Gasteiger partial charge is 0.271 e. The van der Waals surface area contributed by atoms with Crippen molar-refractivity contribution in [1.82, 2.24) is 15.1 Å². The monoisotopic (exact) mass is 420 g/mol. The summed E-state index contributed by atoms with van der Waals surface area (Å²) >= 11 is 0. The van der Waals surface area contributed by atoms with Crippen LogP contribution in [0.5, 0.6) is 0 Å². The van der Waals surface area contributed by atoms with Crippen molar-refractivity contribution in [2.24, 2.45) is 5.92 Å². The van der Waals surface area contributed by atoms with Crippen LogP contribution in [0.25, 0.3) is 5.69 Å². The standard InChI is InChI=1S/C24H25FN4O2/c1-17-5-7-18(8-6-17)16-26-24(31)19-11-13-28(14-12-19)22-9-10-23(30)29(27-22)21-4-2-3-20(25)15-21/h2-10,15,19H,11-14,16H2,1H3,(H,26,31). The number of aryl methyl sites for hydroxylation is 1. The second kappa shape index (κ2) is 9.12. The summed E-state index contributed by atoms with van der Waals surface area (Å²) in [5.41, 5.74) is 2.34. The average molecular weight is 420 g/mol. The number of aromatic nitrogens is 2. The molecule has 1 amide bonds. The van der Waals surface area contributed by atoms with Crippen LogP contribution >= 0.6 is 0 Å². The highest BCUT2D eigenvalue weighted by Gasteiger charge is 2.25. The Morgan fingerprint density at radius 2 is 1.84 bits per heavy atom. The van der Waals surface area contributed by atoms with Crippen LogP contribution in [0.4, 0.5) is 10.2 Å². The van der Waals surface area contributed by atoms with Crippen molar-refractivity contribution in [3.63, 3.8) is 0 Å². The maximum atomic E-state index is 13.6. The molecule has 0 aliphatic carbocycles. The maximum Gasteiger partial charge on any atom is 0.271 e. The van der Waals surface area contributed by atoms with E-state index in [4.69, 9.17) is 0 Å². The Bertz CT molecular complexity index is 1120. The van der Waals surface area contributed by atoms with Gasteiger partial charge in [-0.1, -0.05) is 35.9 Å². The quantitative estimate of drug-likeness (QED) is 0.688. The molecule has 0 unspecified atom stereocenters. The van der Waals surface area contributed by atoms with E-state index in [0.29, 0.717) is 44.0 Å². The summed E-state index contributed by atoms with van der Waals surface area (Å²) < 4.78 is 14.8. The zero-order valence-electron chi connectivity index (χ0n) is 17.4. The summed E-state index contributed by atoms with van der Waals surface area (Å²) in [4.78, 5) is 26.8. The van der Waals surface area contributed by atoms with Gasteiger partial charge in [-0.05, 0) is 49.6 Å². The summed E-state index contributed by atoms with van der Waals surface area (Å²) in [5, 5.41) is 7.46. The average Bonchev–Trinajstić information content (AvgIpc) is 2.79. The molecule has 0 radical (unpaired) electrons. The van der Waals surface area contributed by atoms with Crippen LogP contribution < -0.4 is 15.8 Å². The molecule has 160 valence electrons. The largest absolute Gasteiger partial charge is 0.355 e. The van der Waals surface area contributed by atoms with E-state index in [-0.39, 0.29) is 17.4 Å². The Kier molecular flexibility index (Phi) is 6.11. The SMILES string of the molecule is Cc1ccc(CNC(=O)C2CCN(c3ccc(=O)n(-c4cccc(F)c4)n3)CC2)cc1. The molecule has 7 heteroatoms. The molecule has 6 nitrogen and oxygen atoms in total. The van der Waals surface area contributed by atoms with Gasteiger partial charge < -0.3 is 10.2 Å². The van der Waals surface area contributed by atoms with Crippen molar-refractivity contribution < 1.29 is 9.18 Å². The lowest BCUT2D eigenvalue weighted by Crippen LogP contribution is -2.41. The molecule has 0 bridgehead atoms. The van der Waals surface area contributed by atoms with Crippen molar-refractivity contribution in [3.05, 3.63) is 88.0 Å². The highest BCUT2D eigenvalue weighted by atomic mass is 19.1. The first-order valence-electron chi connectivity index (χ1n) is 10.4. The normalized spacial score (nSPS) is 14.5. The molecule has 0 spiro atoms. The molecule has 1 saturated heterocycles. The molecule has 0 atom stereocenters. The van der Waals surface area contributed by atoms with Crippen molar-refractivity contribution in [2.75, 3.05) is 18.0 Å². The minimum Gasteiger partial charge on any atom is -0.355 e. The van der Waals surface area contributed by atoms with Crippen LogP contribution in [0.15, 0.2) is 65.5 Å². The van der Waals surface area contributed by atoms with E-state index in [9.17, 15) is 14.0 Å². The highest BCUT2D eigenvalue weighted by Crippen LogP contribution is 2.22. The fourth-order valence-electron chi connectivity index (χ4n) is 3.77. The number of anilines is 1. The molecule has 1 aliphatic heterocycles. The van der Waals surface area contributed by atoms with Crippen LogP contribution in [0.3, 0.4) is 0 Å². The predicted molar refractivity (Wildman–Crippen MR) is 118 cm³/mol. The van der Waals surface area contributed by atoms with E-state index in [2.05, 4.69) is 15.3 Å². The third kappa shape index (κ3) is 4.99. The third-order valence-corrected chi connectivity index (χ3v) is 5.62. The first kappa shape index (κ1) is 20.8. The molecule has 2 aromatic carbocycles. The van der Waals surface area contributed by atoms with Crippen molar-refractivity contribution in [3.8, 4) is 5.69 Å². The number of rotatable bonds is 5. The molecule has 1 fully saturated rings. The Labute approximate surface area is 180 Å². The fourth-order valence-corrected chi connectivity index (χ4v) is 3.77. The van der Waals surface area contributed by atoms with Gasteiger partial charge in [-0.3, -0.25) is 9.59 Å². The molecule has 2 heterocycles. The minimum absolute atomic E-state index is 0.0455. The van der Waals surface area contributed by atoms with E-state index in [1.165, 1.54) is 28.4 Å². The Morgan fingerprint density at radius 1 is 1.10 bits per heavy atom. The number of nitrogens with zero attached hydrogens (tertiary/aromatic N) is 3. The summed E-state index contributed by atoms with van der Waals surface area (Å²) in [7, 11) is 0. The fraction of sp³-hybridized carbons (Fsp3) is 0.292. The molecule has 4 rings (SSSR count). The molecule has 31 heavy (non-hydrogen) atoms. The lowest BCUT2D eigenvalue weighted by atomic mass is 9.96. The molecule has 0 saturated carbocycles. The summed E-state index contributed by atoms with van der Waals surface area (Å²) in [6, 6.07) is 17.0. The summed E-state index contributed by atoms with van der Waals surface area (Å²) in [5.74, 6) is 0.241. The van der Waals surface area contributed by atoms with Crippen molar-refractivity contribution >= 4 is 11.7 Å². The van der Waals surface area contributed by atoms with E-state index in [1.807, 2.05) is 31.2 Å². The number of benzene rings is 2. The number of hydrogen-bond donors (Lipinski definition) is 1. The van der Waals surface area contributed by atoms with Gasteiger partial charge in [0.25, 0.3) is 5.56 Å². The highest BCUT2D eigenvalue weighted by molar-refractivity contribution is 5.79. The first-order chi connectivity index (χ1) is 15.0. The first-order valence-corrected chi connectivity index (χ1v) is 10.4.